The summed E-state index contributed by atoms with van der Waals surface area (Å²) < 4.78 is 6.62. The van der Waals surface area contributed by atoms with E-state index in [4.69, 9.17) is 4.74 Å². The van der Waals surface area contributed by atoms with Crippen LogP contribution in [0.25, 0.3) is 21.2 Å². The summed E-state index contributed by atoms with van der Waals surface area (Å²) in [6.45, 7) is 22.7. The lowest BCUT2D eigenvalue weighted by atomic mass is 10.0. The second-order valence-electron chi connectivity index (χ2n) is 9.16. The highest BCUT2D eigenvalue weighted by Gasteiger charge is 2.29. The number of thiophene rings is 1. The van der Waals surface area contributed by atoms with Crippen LogP contribution in [0.5, 0.6) is 11.5 Å². The van der Waals surface area contributed by atoms with E-state index in [9.17, 15) is 9.90 Å². The number of aromatic hydroxyl groups is 1. The van der Waals surface area contributed by atoms with Crippen LogP contribution in [-0.2, 0) is 6.54 Å². The van der Waals surface area contributed by atoms with Gasteiger partial charge in [-0.1, -0.05) is 106 Å². The minimum Gasteiger partial charge on any atom is -0.506 e. The van der Waals surface area contributed by atoms with Crippen molar-refractivity contribution < 1.29 is 14.6 Å². The summed E-state index contributed by atoms with van der Waals surface area (Å²) >= 11 is 1.36. The molecule has 2 heterocycles. The second kappa shape index (κ2) is 23.1. The highest BCUT2D eigenvalue weighted by Crippen LogP contribution is 2.39. The number of hydrogen-bond donors (Lipinski definition) is 1. The van der Waals surface area contributed by atoms with Gasteiger partial charge in [0.15, 0.2) is 0 Å². The lowest BCUT2D eigenvalue weighted by Crippen LogP contribution is -2.39. The molecular weight excluding hydrogens is 564 g/mol. The molecule has 0 aliphatic heterocycles. The first kappa shape index (κ1) is 40.6. The Morgan fingerprint density at radius 2 is 1.48 bits per heavy atom. The van der Waals surface area contributed by atoms with Crippen LogP contribution in [0.1, 0.15) is 116 Å². The Kier molecular flexibility index (Phi) is 21.3. The molecule has 244 valence electrons. The third kappa shape index (κ3) is 11.0. The summed E-state index contributed by atoms with van der Waals surface area (Å²) in [7, 11) is 1.66. The predicted molar refractivity (Wildman–Crippen MR) is 193 cm³/mol. The van der Waals surface area contributed by atoms with Crippen LogP contribution in [0, 0.1) is 6.92 Å². The SMILES string of the molecule is CC.CC.CC.CC.CCCC(CCC)N(Cc1cc(-c2ccc(C)nc2)ccc1OC)C(=O)c1sc2ccccc2c1O. The van der Waals surface area contributed by atoms with Crippen molar-refractivity contribution in [1.29, 1.82) is 0 Å². The summed E-state index contributed by atoms with van der Waals surface area (Å²) in [5.41, 5.74) is 3.94. The minimum absolute atomic E-state index is 0.0616. The highest BCUT2D eigenvalue weighted by atomic mass is 32.1. The number of fused-ring (bicyclic) bond motifs is 1. The minimum atomic E-state index is -0.134. The highest BCUT2D eigenvalue weighted by molar-refractivity contribution is 7.21. The summed E-state index contributed by atoms with van der Waals surface area (Å²) in [5.74, 6) is 0.679. The number of carbonyl (C=O) groups is 1. The smallest absolute Gasteiger partial charge is 0.268 e. The van der Waals surface area contributed by atoms with Crippen molar-refractivity contribution in [2.75, 3.05) is 7.11 Å². The largest absolute Gasteiger partial charge is 0.506 e. The molecule has 1 N–H and O–H groups in total. The maximum Gasteiger partial charge on any atom is 0.268 e. The molecule has 2 aromatic heterocycles. The Labute approximate surface area is 272 Å². The molecule has 0 radical (unpaired) electrons. The zero-order valence-corrected chi connectivity index (χ0v) is 30.3. The lowest BCUT2D eigenvalue weighted by Gasteiger charge is -2.32. The summed E-state index contributed by atoms with van der Waals surface area (Å²) in [6.07, 6.45) is 5.61. The van der Waals surface area contributed by atoms with Crippen molar-refractivity contribution in [1.82, 2.24) is 9.88 Å². The van der Waals surface area contributed by atoms with Gasteiger partial charge in [0.05, 0.1) is 7.11 Å². The fraction of sp³-hybridized carbons (Fsp3) is 0.474. The van der Waals surface area contributed by atoms with Gasteiger partial charge in [-0.3, -0.25) is 9.78 Å². The Bertz CT molecular complexity index is 1330. The fourth-order valence-corrected chi connectivity index (χ4v) is 5.75. The molecule has 2 aromatic carbocycles. The molecule has 44 heavy (non-hydrogen) atoms. The first-order valence-electron chi connectivity index (χ1n) is 16.6. The maximum absolute atomic E-state index is 14.0. The van der Waals surface area contributed by atoms with Crippen LogP contribution in [0.3, 0.4) is 0 Å². The number of rotatable bonds is 10. The first-order valence-corrected chi connectivity index (χ1v) is 17.4. The summed E-state index contributed by atoms with van der Waals surface area (Å²) in [5, 5.41) is 11.7. The van der Waals surface area contributed by atoms with Crippen molar-refractivity contribution in [2.24, 2.45) is 0 Å². The van der Waals surface area contributed by atoms with Gasteiger partial charge in [0.2, 0.25) is 0 Å². The molecule has 0 spiro atoms. The molecule has 0 aliphatic carbocycles. The monoisotopic (exact) mass is 622 g/mol. The third-order valence-corrected chi connectivity index (χ3v) is 7.72. The van der Waals surface area contributed by atoms with E-state index in [0.717, 1.165) is 63.9 Å². The van der Waals surface area contributed by atoms with E-state index in [1.165, 1.54) is 11.3 Å². The van der Waals surface area contributed by atoms with Crippen molar-refractivity contribution in [3.63, 3.8) is 0 Å². The standard InChI is InChI=1S/C30H34N2O3S.4C2H6/c1-5-9-24(10-6-2)32(30(34)29-28(33)25-11-7-8-12-27(25)36-29)19-23-17-21(15-16-26(23)35-4)22-14-13-20(3)31-18-22;4*1-2/h7-8,11-18,24,33H,5-6,9-10,19H2,1-4H3;4*1-2H3. The third-order valence-electron chi connectivity index (χ3n) is 6.57. The maximum atomic E-state index is 14.0. The average molecular weight is 623 g/mol. The van der Waals surface area contributed by atoms with Gasteiger partial charge in [-0.2, -0.15) is 0 Å². The number of aryl methyl sites for hydroxylation is 1. The van der Waals surface area contributed by atoms with Gasteiger partial charge in [0, 0.05) is 45.7 Å². The van der Waals surface area contributed by atoms with E-state index in [1.54, 1.807) is 7.11 Å². The van der Waals surface area contributed by atoms with Gasteiger partial charge >= 0.3 is 0 Å². The van der Waals surface area contributed by atoms with Crippen LogP contribution in [0.15, 0.2) is 60.8 Å². The molecule has 0 saturated carbocycles. The number of hydrogen-bond acceptors (Lipinski definition) is 5. The van der Waals surface area contributed by atoms with Gasteiger partial charge in [-0.15, -0.1) is 11.3 Å². The molecular formula is C38H58N2O3S. The number of pyridine rings is 1. The van der Waals surface area contributed by atoms with Crippen LogP contribution < -0.4 is 4.74 Å². The van der Waals surface area contributed by atoms with E-state index < -0.39 is 0 Å². The van der Waals surface area contributed by atoms with Crippen LogP contribution in [0.2, 0.25) is 0 Å². The lowest BCUT2D eigenvalue weighted by molar-refractivity contribution is 0.0638. The number of benzene rings is 2. The van der Waals surface area contributed by atoms with Gasteiger partial charge in [0.1, 0.15) is 16.4 Å². The second-order valence-corrected chi connectivity index (χ2v) is 10.2. The Balaban J connectivity index is 0.00000214. The van der Waals surface area contributed by atoms with Crippen molar-refractivity contribution in [2.45, 2.75) is 114 Å². The number of aromatic nitrogens is 1. The molecule has 1 amide bonds. The molecule has 0 bridgehead atoms. The Morgan fingerprint density at radius 3 is 2.00 bits per heavy atom. The fourth-order valence-electron chi connectivity index (χ4n) is 4.70. The average Bonchev–Trinajstić information content (AvgIpc) is 3.43. The summed E-state index contributed by atoms with van der Waals surface area (Å²) in [6, 6.07) is 17.8. The molecule has 0 fully saturated rings. The topological polar surface area (TPSA) is 62.7 Å². The van der Waals surface area contributed by atoms with Gasteiger partial charge in [-0.25, -0.2) is 0 Å². The molecule has 4 rings (SSSR count). The summed E-state index contributed by atoms with van der Waals surface area (Å²) in [4.78, 5) is 20.8. The van der Waals surface area contributed by atoms with Crippen molar-refractivity contribution >= 4 is 27.3 Å². The molecule has 5 nitrogen and oxygen atoms in total. The Morgan fingerprint density at radius 1 is 0.886 bits per heavy atom. The molecule has 4 aromatic rings. The van der Waals surface area contributed by atoms with Gasteiger partial charge in [-0.05, 0) is 55.7 Å². The van der Waals surface area contributed by atoms with Crippen LogP contribution in [0.4, 0.5) is 0 Å². The Hall–Kier alpha value is -3.38. The van der Waals surface area contributed by atoms with Crippen molar-refractivity contribution in [3.8, 4) is 22.6 Å². The number of carbonyl (C=O) groups excluding carboxylic acids is 1. The van der Waals surface area contributed by atoms with Crippen LogP contribution >= 0.6 is 11.3 Å². The zero-order chi connectivity index (χ0) is 33.7. The first-order chi connectivity index (χ1) is 21.5. The molecule has 0 unspecified atom stereocenters. The van der Waals surface area contributed by atoms with E-state index in [2.05, 4.69) is 31.0 Å². The van der Waals surface area contributed by atoms with Crippen molar-refractivity contribution in [3.05, 3.63) is 76.9 Å². The molecule has 0 aliphatic rings. The molecule has 0 atom stereocenters. The quantitative estimate of drug-likeness (QED) is 0.191. The molecule has 0 saturated heterocycles. The normalized spacial score (nSPS) is 9.75. The van der Waals surface area contributed by atoms with E-state index in [-0.39, 0.29) is 17.7 Å². The van der Waals surface area contributed by atoms with Gasteiger partial charge < -0.3 is 14.7 Å². The van der Waals surface area contributed by atoms with E-state index in [1.807, 2.05) is 116 Å². The molecule has 6 heteroatoms. The predicted octanol–water partition coefficient (Wildman–Crippen LogP) is 11.7. The van der Waals surface area contributed by atoms with E-state index in [0.29, 0.717) is 11.4 Å². The van der Waals surface area contributed by atoms with Gasteiger partial charge in [0.25, 0.3) is 5.91 Å². The number of ether oxygens (including phenoxy) is 1. The van der Waals surface area contributed by atoms with Crippen LogP contribution in [-0.4, -0.2) is 34.0 Å². The van der Waals surface area contributed by atoms with E-state index >= 15 is 0 Å². The number of nitrogens with zero attached hydrogens (tertiary/aromatic N) is 2. The number of methoxy groups -OCH3 is 1. The number of amides is 1. The zero-order valence-electron chi connectivity index (χ0n) is 29.5.